The second-order valence-corrected chi connectivity index (χ2v) is 16.9. The molecule has 0 fully saturated rings. The highest BCUT2D eigenvalue weighted by molar-refractivity contribution is 5.95. The number of benzene rings is 8. The topological polar surface area (TPSA) is 6.48 Å². The predicted molar refractivity (Wildman–Crippen MR) is 236 cm³/mol. The SMILES string of the molecule is CN1c2ccccc2C2(c3ccccc3-c3ccccc32)c2ccc(-c3ccc4c(c3)N(C)c3ccccc3C43c4ccccc4C(C)(C)c4ccccc43)cc21. The first-order valence-corrected chi connectivity index (χ1v) is 20.2. The average molecular weight is 731 g/mol. The Kier molecular flexibility index (Phi) is 6.42. The molecule has 57 heavy (non-hydrogen) atoms. The lowest BCUT2D eigenvalue weighted by Crippen LogP contribution is -2.45. The van der Waals surface area contributed by atoms with Gasteiger partial charge in [0.15, 0.2) is 0 Å². The van der Waals surface area contributed by atoms with Crippen molar-refractivity contribution in [1.29, 1.82) is 0 Å². The Bertz CT molecular complexity index is 2910. The fourth-order valence-corrected chi connectivity index (χ4v) is 11.7. The van der Waals surface area contributed by atoms with Gasteiger partial charge in [-0.15, -0.1) is 0 Å². The van der Waals surface area contributed by atoms with Gasteiger partial charge in [0, 0.05) is 42.3 Å². The van der Waals surface area contributed by atoms with Crippen molar-refractivity contribution in [2.24, 2.45) is 0 Å². The van der Waals surface area contributed by atoms with E-state index in [2.05, 4.69) is 220 Å². The molecule has 2 heterocycles. The number of rotatable bonds is 1. The van der Waals surface area contributed by atoms with Gasteiger partial charge < -0.3 is 9.80 Å². The predicted octanol–water partition coefficient (Wildman–Crippen LogP) is 12.9. The number of fused-ring (bicyclic) bond motifs is 17. The van der Waals surface area contributed by atoms with E-state index in [0.29, 0.717) is 0 Å². The van der Waals surface area contributed by atoms with E-state index in [1.807, 2.05) is 0 Å². The fourth-order valence-electron chi connectivity index (χ4n) is 11.7. The minimum atomic E-state index is -0.463. The monoisotopic (exact) mass is 730 g/mol. The molecule has 2 spiro atoms. The third-order valence-corrected chi connectivity index (χ3v) is 14.2. The van der Waals surface area contributed by atoms with E-state index >= 15 is 0 Å². The van der Waals surface area contributed by atoms with Crippen LogP contribution in [0.5, 0.6) is 0 Å². The maximum absolute atomic E-state index is 2.45. The second kappa shape index (κ2) is 11.2. The van der Waals surface area contributed by atoms with Crippen LogP contribution in [0.15, 0.2) is 182 Å². The van der Waals surface area contributed by atoms with Crippen molar-refractivity contribution in [3.8, 4) is 22.3 Å². The van der Waals surface area contributed by atoms with Gasteiger partial charge in [0.1, 0.15) is 0 Å². The van der Waals surface area contributed by atoms with Gasteiger partial charge in [0.05, 0.1) is 10.8 Å². The van der Waals surface area contributed by atoms with Gasteiger partial charge in [-0.25, -0.2) is 0 Å². The first kappa shape index (κ1) is 32.6. The number of hydrogen-bond acceptors (Lipinski definition) is 2. The summed E-state index contributed by atoms with van der Waals surface area (Å²) in [6.45, 7) is 4.78. The number of anilines is 4. The normalized spacial score (nSPS) is 16.4. The molecule has 0 atom stereocenters. The standard InChI is InChI=1S/C55H42N2/c1-53(2)41-21-9-11-23-43(41)55(44-24-12-10-22-42(44)53)46-26-14-16-28-50(46)57(4)52-34-36(30-32-48(52)55)35-29-31-47-51(33-35)56(3)49-27-15-13-25-45(49)54(47)39-19-7-5-17-37(39)38-18-6-8-20-40(38)54/h5-34H,1-4H3. The smallest absolute Gasteiger partial charge is 0.0754 e. The summed E-state index contributed by atoms with van der Waals surface area (Å²) in [6.07, 6.45) is 0. The Morgan fingerprint density at radius 1 is 0.298 bits per heavy atom. The third kappa shape index (κ3) is 3.86. The lowest BCUT2D eigenvalue weighted by Gasteiger charge is -2.52. The van der Waals surface area contributed by atoms with E-state index in [4.69, 9.17) is 0 Å². The Morgan fingerprint density at radius 3 is 1.05 bits per heavy atom. The van der Waals surface area contributed by atoms with Crippen molar-refractivity contribution in [2.45, 2.75) is 30.1 Å². The van der Waals surface area contributed by atoms with Crippen LogP contribution in [0.2, 0.25) is 0 Å². The Hall–Kier alpha value is -6.64. The number of para-hydroxylation sites is 2. The number of hydrogen-bond donors (Lipinski definition) is 0. The zero-order valence-electron chi connectivity index (χ0n) is 32.7. The van der Waals surface area contributed by atoms with Crippen molar-refractivity contribution in [1.82, 2.24) is 0 Å². The summed E-state index contributed by atoms with van der Waals surface area (Å²) in [6, 6.07) is 69.1. The van der Waals surface area contributed by atoms with Crippen LogP contribution in [0, 0.1) is 0 Å². The summed E-state index contributed by atoms with van der Waals surface area (Å²) in [5.41, 5.74) is 22.6. The molecule has 0 aromatic heterocycles. The van der Waals surface area contributed by atoms with E-state index in [9.17, 15) is 0 Å². The van der Waals surface area contributed by atoms with E-state index in [1.165, 1.54) is 101 Å². The van der Waals surface area contributed by atoms with Gasteiger partial charge in [-0.3, -0.25) is 0 Å². The van der Waals surface area contributed by atoms with Crippen molar-refractivity contribution >= 4 is 22.7 Å². The minimum absolute atomic E-state index is 0.137. The summed E-state index contributed by atoms with van der Waals surface area (Å²) in [7, 11) is 4.48. The van der Waals surface area contributed by atoms with E-state index in [0.717, 1.165) is 0 Å². The molecule has 2 aliphatic heterocycles. The molecule has 8 aromatic rings. The Morgan fingerprint density at radius 2 is 0.614 bits per heavy atom. The summed E-state index contributed by atoms with van der Waals surface area (Å²) in [5, 5.41) is 0. The summed E-state index contributed by atoms with van der Waals surface area (Å²) in [4.78, 5) is 4.84. The Balaban J connectivity index is 1.10. The lowest BCUT2D eigenvalue weighted by molar-refractivity contribution is 0.556. The van der Waals surface area contributed by atoms with Crippen molar-refractivity contribution in [3.63, 3.8) is 0 Å². The van der Waals surface area contributed by atoms with Gasteiger partial charge in [0.25, 0.3) is 0 Å². The molecular formula is C55H42N2. The van der Waals surface area contributed by atoms with Gasteiger partial charge in [-0.05, 0) is 102 Å². The second-order valence-electron chi connectivity index (χ2n) is 16.9. The lowest BCUT2D eigenvalue weighted by atomic mass is 9.53. The highest BCUT2D eigenvalue weighted by Gasteiger charge is 2.53. The quantitative estimate of drug-likeness (QED) is 0.166. The zero-order valence-corrected chi connectivity index (χ0v) is 32.7. The molecule has 0 amide bonds. The third-order valence-electron chi connectivity index (χ3n) is 14.2. The molecule has 0 saturated carbocycles. The summed E-state index contributed by atoms with van der Waals surface area (Å²) < 4.78 is 0. The van der Waals surface area contributed by atoms with Crippen molar-refractivity contribution in [2.75, 3.05) is 23.9 Å². The zero-order chi connectivity index (χ0) is 38.3. The van der Waals surface area contributed by atoms with Crippen LogP contribution < -0.4 is 9.80 Å². The highest BCUT2D eigenvalue weighted by atomic mass is 15.1. The molecule has 272 valence electrons. The maximum Gasteiger partial charge on any atom is 0.0754 e. The van der Waals surface area contributed by atoms with Crippen LogP contribution in [0.3, 0.4) is 0 Å². The fraction of sp³-hybridized carbons (Fsp3) is 0.127. The Labute approximate surface area is 335 Å². The highest BCUT2D eigenvalue weighted by Crippen LogP contribution is 2.64. The van der Waals surface area contributed by atoms with E-state index in [-0.39, 0.29) is 5.41 Å². The number of nitrogens with zero attached hydrogens (tertiary/aromatic N) is 2. The van der Waals surface area contributed by atoms with Gasteiger partial charge in [0.2, 0.25) is 0 Å². The molecule has 8 aromatic carbocycles. The average Bonchev–Trinajstić information content (AvgIpc) is 3.56. The van der Waals surface area contributed by atoms with Crippen molar-refractivity contribution < 1.29 is 0 Å². The van der Waals surface area contributed by atoms with E-state index in [1.54, 1.807) is 0 Å². The van der Waals surface area contributed by atoms with Crippen LogP contribution in [0.25, 0.3) is 22.3 Å². The van der Waals surface area contributed by atoms with E-state index < -0.39 is 10.8 Å². The van der Waals surface area contributed by atoms with Gasteiger partial charge >= 0.3 is 0 Å². The minimum Gasteiger partial charge on any atom is -0.344 e. The van der Waals surface area contributed by atoms with Crippen LogP contribution >= 0.6 is 0 Å². The van der Waals surface area contributed by atoms with Crippen molar-refractivity contribution in [3.05, 3.63) is 238 Å². The molecule has 2 nitrogen and oxygen atoms in total. The first-order chi connectivity index (χ1) is 27.9. The maximum atomic E-state index is 2.45. The largest absolute Gasteiger partial charge is 0.344 e. The van der Waals surface area contributed by atoms with Crippen LogP contribution in [0.4, 0.5) is 22.7 Å². The molecule has 0 bridgehead atoms. The molecule has 0 radical (unpaired) electrons. The molecule has 2 aliphatic carbocycles. The molecule has 0 saturated heterocycles. The van der Waals surface area contributed by atoms with Crippen LogP contribution in [0.1, 0.15) is 69.5 Å². The summed E-state index contributed by atoms with van der Waals surface area (Å²) in [5.74, 6) is 0. The van der Waals surface area contributed by atoms with Gasteiger partial charge in [-0.2, -0.15) is 0 Å². The molecular weight excluding hydrogens is 689 g/mol. The summed E-state index contributed by atoms with van der Waals surface area (Å²) >= 11 is 0. The molecule has 4 aliphatic rings. The molecule has 2 heteroatoms. The molecule has 12 rings (SSSR count). The van der Waals surface area contributed by atoms with Crippen LogP contribution in [-0.2, 0) is 16.2 Å². The van der Waals surface area contributed by atoms with Gasteiger partial charge in [-0.1, -0.05) is 172 Å². The molecule has 0 unspecified atom stereocenters. The van der Waals surface area contributed by atoms with Crippen LogP contribution in [-0.4, -0.2) is 14.1 Å². The molecule has 0 N–H and O–H groups in total. The first-order valence-electron chi connectivity index (χ1n) is 20.2.